The molecule has 7 nitrogen and oxygen atoms in total. The van der Waals surface area contributed by atoms with Crippen molar-refractivity contribution in [1.82, 2.24) is 10.2 Å². The van der Waals surface area contributed by atoms with Gasteiger partial charge in [0.15, 0.2) is 0 Å². The first-order chi connectivity index (χ1) is 17.4. The third-order valence-corrected chi connectivity index (χ3v) is 9.80. The number of alkyl halides is 3. The Morgan fingerprint density at radius 3 is 2.54 bits per heavy atom. The molecule has 202 valence electrons. The molecular weight excluding hydrogens is 489 g/mol. The number of likely N-dealkylation sites (tertiary alicyclic amines) is 1. The van der Waals surface area contributed by atoms with Crippen LogP contribution in [0.1, 0.15) is 51.5 Å². The van der Waals surface area contributed by atoms with Gasteiger partial charge < -0.3 is 20.1 Å². The molecule has 1 heterocycles. The van der Waals surface area contributed by atoms with E-state index in [-0.39, 0.29) is 36.3 Å². The minimum absolute atomic E-state index is 0.0343. The molecule has 2 N–H and O–H groups in total. The van der Waals surface area contributed by atoms with Crippen LogP contribution in [0.5, 0.6) is 0 Å². The molecule has 1 aromatic rings. The molecule has 8 atom stereocenters. The topological polar surface area (TPSA) is 95.9 Å². The molecule has 4 fully saturated rings. The summed E-state index contributed by atoms with van der Waals surface area (Å²) in [6, 6.07) is 4.34. The van der Waals surface area contributed by atoms with Crippen LogP contribution in [0.2, 0.25) is 0 Å². The molecule has 10 heteroatoms. The van der Waals surface area contributed by atoms with Crippen LogP contribution in [-0.2, 0) is 25.5 Å². The van der Waals surface area contributed by atoms with E-state index in [0.29, 0.717) is 23.8 Å². The average Bonchev–Trinajstić information content (AvgIpc) is 3.14. The van der Waals surface area contributed by atoms with Crippen LogP contribution >= 0.6 is 0 Å². The van der Waals surface area contributed by atoms with Crippen molar-refractivity contribution in [3.05, 3.63) is 35.9 Å². The van der Waals surface area contributed by atoms with Crippen molar-refractivity contribution < 1.29 is 37.4 Å². The monoisotopic (exact) mass is 522 g/mol. The van der Waals surface area contributed by atoms with Gasteiger partial charge in [-0.25, -0.2) is 4.79 Å². The maximum atomic E-state index is 13.9. The Kier molecular flexibility index (Phi) is 6.32. The molecular formula is C27H33F3N2O5. The Morgan fingerprint density at radius 2 is 1.92 bits per heavy atom. The molecule has 1 aromatic carbocycles. The number of carbonyl (C=O) groups excluding carboxylic acids is 3. The van der Waals surface area contributed by atoms with E-state index in [1.165, 1.54) is 0 Å². The lowest BCUT2D eigenvalue weighted by Crippen LogP contribution is -2.59. The molecule has 8 unspecified atom stereocenters. The smallest absolute Gasteiger partial charge is 0.417 e. The van der Waals surface area contributed by atoms with Crippen LogP contribution in [0.3, 0.4) is 0 Å². The standard InChI is InChI=1S/C27H33F3N2O5/c1-15-25(2)11-10-17-14-20(26(15,17)25)37-24(36)18-9-6-12-32(18)23(35)21(27(28,29)30)31-22(34)19(33)13-16-7-4-3-5-8-16/h3-5,7-8,15,17-21,33H,6,9-14H2,1-2H3,(H,31,34). The number of halogens is 3. The van der Waals surface area contributed by atoms with E-state index in [9.17, 15) is 32.7 Å². The first-order valence-electron chi connectivity index (χ1n) is 13.0. The lowest BCUT2D eigenvalue weighted by molar-refractivity contribution is -0.185. The van der Waals surface area contributed by atoms with E-state index in [4.69, 9.17) is 4.74 Å². The van der Waals surface area contributed by atoms with E-state index in [1.54, 1.807) is 35.6 Å². The maximum Gasteiger partial charge on any atom is 0.417 e. The Hall–Kier alpha value is -2.62. The second-order valence-electron chi connectivity index (χ2n) is 11.3. The van der Waals surface area contributed by atoms with Crippen LogP contribution in [0.15, 0.2) is 30.3 Å². The molecule has 0 radical (unpaired) electrons. The molecule has 4 aliphatic rings. The van der Waals surface area contributed by atoms with E-state index in [2.05, 4.69) is 13.8 Å². The number of hydrogen-bond acceptors (Lipinski definition) is 5. The number of aliphatic hydroxyl groups excluding tert-OH is 1. The third-order valence-electron chi connectivity index (χ3n) is 9.80. The lowest BCUT2D eigenvalue weighted by atomic mass is 9.66. The number of benzene rings is 1. The van der Waals surface area contributed by atoms with Gasteiger partial charge in [-0.1, -0.05) is 44.2 Å². The zero-order chi connectivity index (χ0) is 26.8. The van der Waals surface area contributed by atoms with Crippen molar-refractivity contribution in [2.24, 2.45) is 22.7 Å². The van der Waals surface area contributed by atoms with Crippen molar-refractivity contribution in [3.8, 4) is 0 Å². The Labute approximate surface area is 213 Å². The predicted molar refractivity (Wildman–Crippen MR) is 126 cm³/mol. The van der Waals surface area contributed by atoms with Gasteiger partial charge in [0, 0.05) is 18.4 Å². The van der Waals surface area contributed by atoms with Crippen LogP contribution in [0.4, 0.5) is 13.2 Å². The van der Waals surface area contributed by atoms with Crippen molar-refractivity contribution in [2.45, 2.75) is 82.8 Å². The van der Waals surface area contributed by atoms with Crippen molar-refractivity contribution >= 4 is 17.8 Å². The summed E-state index contributed by atoms with van der Waals surface area (Å²) in [7, 11) is 0. The number of aliphatic hydroxyl groups is 1. The summed E-state index contributed by atoms with van der Waals surface area (Å²) in [6.07, 6.45) is -3.84. The van der Waals surface area contributed by atoms with E-state index < -0.39 is 42.1 Å². The van der Waals surface area contributed by atoms with Crippen LogP contribution in [0.25, 0.3) is 0 Å². The number of nitrogens with one attached hydrogen (secondary N) is 1. The first kappa shape index (κ1) is 26.0. The SMILES string of the molecule is CC1C2(C)CCC3CC(OC(=O)C4CCCN4C(=O)C(NC(=O)C(O)Cc4ccccc4)C(F)(F)F)C312. The number of esters is 1. The highest BCUT2D eigenvalue weighted by Gasteiger charge is 2.85. The normalized spacial score (nSPS) is 35.6. The largest absolute Gasteiger partial charge is 0.460 e. The van der Waals surface area contributed by atoms with Gasteiger partial charge in [-0.3, -0.25) is 9.59 Å². The van der Waals surface area contributed by atoms with E-state index in [0.717, 1.165) is 24.2 Å². The molecule has 0 aromatic heterocycles. The number of carbonyl (C=O) groups is 3. The quantitative estimate of drug-likeness (QED) is 0.537. The van der Waals surface area contributed by atoms with Crippen molar-refractivity contribution in [1.29, 1.82) is 0 Å². The molecule has 3 saturated carbocycles. The molecule has 1 saturated heterocycles. The second-order valence-corrected chi connectivity index (χ2v) is 11.3. The molecule has 3 aliphatic carbocycles. The minimum Gasteiger partial charge on any atom is -0.460 e. The fraction of sp³-hybridized carbons (Fsp3) is 0.667. The van der Waals surface area contributed by atoms with Gasteiger partial charge in [-0.05, 0) is 54.9 Å². The van der Waals surface area contributed by atoms with Gasteiger partial charge in [-0.2, -0.15) is 13.2 Å². The number of rotatable bonds is 7. The van der Waals surface area contributed by atoms with E-state index in [1.807, 2.05) is 0 Å². The number of nitrogens with zero attached hydrogens (tertiary/aromatic N) is 1. The number of hydrogen-bond donors (Lipinski definition) is 2. The van der Waals surface area contributed by atoms with Gasteiger partial charge in [0.2, 0.25) is 11.9 Å². The maximum absolute atomic E-state index is 13.9. The molecule has 1 spiro atoms. The van der Waals surface area contributed by atoms with Crippen LogP contribution in [0, 0.1) is 22.7 Å². The summed E-state index contributed by atoms with van der Waals surface area (Å²) in [5.74, 6) is -2.45. The fourth-order valence-corrected chi connectivity index (χ4v) is 7.73. The molecule has 1 aliphatic heterocycles. The van der Waals surface area contributed by atoms with Gasteiger partial charge in [-0.15, -0.1) is 0 Å². The molecule has 2 amide bonds. The lowest BCUT2D eigenvalue weighted by Gasteiger charge is -2.45. The summed E-state index contributed by atoms with van der Waals surface area (Å²) in [6.45, 7) is 4.34. The summed E-state index contributed by atoms with van der Waals surface area (Å²) < 4.78 is 47.6. The predicted octanol–water partition coefficient (Wildman–Crippen LogP) is 3.00. The van der Waals surface area contributed by atoms with Gasteiger partial charge in [0.05, 0.1) is 0 Å². The summed E-state index contributed by atoms with van der Waals surface area (Å²) in [5.41, 5.74) is 0.662. The Bertz CT molecular complexity index is 1080. The highest BCUT2D eigenvalue weighted by Crippen LogP contribution is 2.86. The van der Waals surface area contributed by atoms with Crippen LogP contribution in [-0.4, -0.2) is 64.8 Å². The molecule has 37 heavy (non-hydrogen) atoms. The highest BCUT2D eigenvalue weighted by atomic mass is 19.4. The molecule has 0 bridgehead atoms. The third kappa shape index (κ3) is 4.02. The Balaban J connectivity index is 1.24. The van der Waals surface area contributed by atoms with Crippen molar-refractivity contribution in [2.75, 3.05) is 6.54 Å². The van der Waals surface area contributed by atoms with Crippen LogP contribution < -0.4 is 5.32 Å². The highest BCUT2D eigenvalue weighted by molar-refractivity contribution is 5.92. The zero-order valence-corrected chi connectivity index (χ0v) is 21.0. The van der Waals surface area contributed by atoms with Gasteiger partial charge in [0.1, 0.15) is 18.2 Å². The van der Waals surface area contributed by atoms with Gasteiger partial charge in [0.25, 0.3) is 5.91 Å². The van der Waals surface area contributed by atoms with E-state index >= 15 is 0 Å². The number of ether oxygens (including phenoxy) is 1. The summed E-state index contributed by atoms with van der Waals surface area (Å²) in [5, 5.41) is 11.8. The minimum atomic E-state index is -5.11. The average molecular weight is 523 g/mol. The zero-order valence-electron chi connectivity index (χ0n) is 21.0. The number of amides is 2. The molecule has 5 rings (SSSR count). The summed E-state index contributed by atoms with van der Waals surface area (Å²) in [4.78, 5) is 39.4. The Morgan fingerprint density at radius 1 is 1.22 bits per heavy atom. The van der Waals surface area contributed by atoms with Gasteiger partial charge >= 0.3 is 12.1 Å². The fourth-order valence-electron chi connectivity index (χ4n) is 7.73. The van der Waals surface area contributed by atoms with Crippen molar-refractivity contribution in [3.63, 3.8) is 0 Å². The summed E-state index contributed by atoms with van der Waals surface area (Å²) >= 11 is 0. The second kappa shape index (κ2) is 8.99. The first-order valence-corrected chi connectivity index (χ1v) is 13.0.